The van der Waals surface area contributed by atoms with Crippen molar-refractivity contribution in [2.75, 3.05) is 37.4 Å². The van der Waals surface area contributed by atoms with Gasteiger partial charge < -0.3 is 20.1 Å². The van der Waals surface area contributed by atoms with Crippen LogP contribution in [0.2, 0.25) is 5.02 Å². The number of ether oxygens (including phenoxy) is 2. The highest BCUT2D eigenvalue weighted by Gasteiger charge is 2.30. The average molecular weight is 507 g/mol. The number of nitrogens with two attached hydrogens (primary N) is 1. The molecule has 2 N–H and O–H groups in total. The molecule has 0 aliphatic carbocycles. The Morgan fingerprint density at radius 1 is 1.17 bits per heavy atom. The molecule has 36 heavy (non-hydrogen) atoms. The van der Waals surface area contributed by atoms with E-state index in [1.807, 2.05) is 48.2 Å². The number of rotatable bonds is 6. The molecule has 0 saturated carbocycles. The van der Waals surface area contributed by atoms with Crippen molar-refractivity contribution in [2.24, 2.45) is 5.92 Å². The van der Waals surface area contributed by atoms with Gasteiger partial charge in [-0.05, 0) is 56.2 Å². The monoisotopic (exact) mass is 506 g/mol. The van der Waals surface area contributed by atoms with Gasteiger partial charge in [0.1, 0.15) is 11.6 Å². The molecule has 0 bridgehead atoms. The highest BCUT2D eigenvalue weighted by Crippen LogP contribution is 2.38. The second-order valence-electron chi connectivity index (χ2n) is 8.58. The van der Waals surface area contributed by atoms with E-state index in [2.05, 4.69) is 0 Å². The molecule has 9 nitrogen and oxygen atoms in total. The lowest BCUT2D eigenvalue weighted by Crippen LogP contribution is -2.40. The normalized spacial score (nSPS) is 15.8. The van der Waals surface area contributed by atoms with Gasteiger partial charge in [-0.15, -0.1) is 5.10 Å². The van der Waals surface area contributed by atoms with Crippen molar-refractivity contribution in [3.8, 4) is 22.7 Å². The fourth-order valence-electron chi connectivity index (χ4n) is 4.57. The molecular weight excluding hydrogens is 480 g/mol. The van der Waals surface area contributed by atoms with Crippen LogP contribution in [-0.2, 0) is 9.53 Å². The molecule has 1 saturated heterocycles. The van der Waals surface area contributed by atoms with Crippen LogP contribution in [0.25, 0.3) is 28.0 Å². The van der Waals surface area contributed by atoms with Crippen molar-refractivity contribution in [1.82, 2.24) is 19.7 Å². The highest BCUT2D eigenvalue weighted by atomic mass is 35.5. The predicted octanol–water partition coefficient (Wildman–Crippen LogP) is 4.51. The number of hydrogen-bond donors (Lipinski definition) is 1. The highest BCUT2D eigenvalue weighted by molar-refractivity contribution is 6.30. The Labute approximate surface area is 213 Å². The van der Waals surface area contributed by atoms with Crippen molar-refractivity contribution in [1.29, 1.82) is 0 Å². The number of carbonyl (C=O) groups is 1. The second kappa shape index (κ2) is 10.0. The summed E-state index contributed by atoms with van der Waals surface area (Å²) in [6, 6.07) is 14.9. The molecule has 1 aliphatic heterocycles. The Bertz CT molecular complexity index is 1410. The Hall–Kier alpha value is -3.85. The lowest BCUT2D eigenvalue weighted by molar-refractivity contribution is -0.148. The quantitative estimate of drug-likeness (QED) is 0.380. The van der Waals surface area contributed by atoms with Crippen LogP contribution in [0.15, 0.2) is 48.5 Å². The molecule has 1 aliphatic rings. The van der Waals surface area contributed by atoms with E-state index in [1.165, 1.54) is 0 Å². The molecule has 2 aromatic heterocycles. The number of piperidine rings is 1. The molecule has 186 valence electrons. The molecule has 1 atom stereocenters. The molecule has 0 radical (unpaired) electrons. The van der Waals surface area contributed by atoms with Gasteiger partial charge in [-0.1, -0.05) is 23.7 Å². The Balaban J connectivity index is 1.67. The van der Waals surface area contributed by atoms with Crippen LogP contribution < -0.4 is 15.4 Å². The first-order chi connectivity index (χ1) is 17.5. The number of anilines is 2. The Kier molecular flexibility index (Phi) is 6.65. The number of para-hydroxylation sites is 1. The van der Waals surface area contributed by atoms with Crippen LogP contribution in [0.1, 0.15) is 19.8 Å². The molecule has 4 aromatic rings. The number of methoxy groups -OCH3 is 1. The van der Waals surface area contributed by atoms with Gasteiger partial charge >= 0.3 is 5.97 Å². The van der Waals surface area contributed by atoms with Crippen LogP contribution in [0, 0.1) is 5.92 Å². The minimum absolute atomic E-state index is 0.190. The molecule has 0 unspecified atom stereocenters. The number of halogens is 1. The number of benzene rings is 2. The van der Waals surface area contributed by atoms with E-state index in [1.54, 1.807) is 23.9 Å². The standard InChI is InChI=1S/C26H27ClN6O3/c1-3-36-25(34)16-7-6-14-32(15-16)26-29-22(19-8-4-5-9-20(19)35-2)21-23(28)33(31-24(21)30-26)18-12-10-17(27)11-13-18/h4-5,8-13,16H,3,6-7,14-15,28H2,1-2H3/t16-/m1/s1. The maximum atomic E-state index is 12.4. The van der Waals surface area contributed by atoms with E-state index >= 15 is 0 Å². The largest absolute Gasteiger partial charge is 0.496 e. The summed E-state index contributed by atoms with van der Waals surface area (Å²) in [5.41, 5.74) is 9.22. The molecule has 5 rings (SSSR count). The molecule has 0 spiro atoms. The van der Waals surface area contributed by atoms with E-state index in [0.717, 1.165) is 30.6 Å². The third-order valence-electron chi connectivity index (χ3n) is 6.31. The zero-order chi connectivity index (χ0) is 25.2. The molecule has 0 amide bonds. The van der Waals surface area contributed by atoms with Gasteiger partial charge in [0.05, 0.1) is 36.4 Å². The maximum absolute atomic E-state index is 12.4. The minimum atomic E-state index is -0.232. The predicted molar refractivity (Wildman–Crippen MR) is 140 cm³/mol. The SMILES string of the molecule is CCOC(=O)[C@@H]1CCCN(c2nc(-c3ccccc3OC)c3c(N)n(-c4ccc(Cl)cc4)nc3n2)C1. The second-order valence-corrected chi connectivity index (χ2v) is 9.02. The van der Waals surface area contributed by atoms with Gasteiger partial charge in [0, 0.05) is 23.7 Å². The zero-order valence-electron chi connectivity index (χ0n) is 20.1. The summed E-state index contributed by atoms with van der Waals surface area (Å²) >= 11 is 6.08. The molecular formula is C26H27ClN6O3. The zero-order valence-corrected chi connectivity index (χ0v) is 20.9. The summed E-state index contributed by atoms with van der Waals surface area (Å²) in [6.07, 6.45) is 1.60. The molecule has 10 heteroatoms. The number of aromatic nitrogens is 4. The van der Waals surface area contributed by atoms with E-state index in [0.29, 0.717) is 52.4 Å². The first-order valence-electron chi connectivity index (χ1n) is 11.9. The Morgan fingerprint density at radius 2 is 1.94 bits per heavy atom. The van der Waals surface area contributed by atoms with Gasteiger partial charge in [-0.25, -0.2) is 9.67 Å². The third kappa shape index (κ3) is 4.42. The average Bonchev–Trinajstić information content (AvgIpc) is 3.25. The van der Waals surface area contributed by atoms with Crippen molar-refractivity contribution >= 4 is 40.4 Å². The number of esters is 1. The van der Waals surface area contributed by atoms with E-state index in [4.69, 9.17) is 41.9 Å². The van der Waals surface area contributed by atoms with Crippen molar-refractivity contribution < 1.29 is 14.3 Å². The number of hydrogen-bond acceptors (Lipinski definition) is 8. The lowest BCUT2D eigenvalue weighted by atomic mass is 9.98. The van der Waals surface area contributed by atoms with Gasteiger partial charge in [0.2, 0.25) is 5.95 Å². The first kappa shape index (κ1) is 23.9. The smallest absolute Gasteiger partial charge is 0.310 e. The fourth-order valence-corrected chi connectivity index (χ4v) is 4.69. The van der Waals surface area contributed by atoms with Crippen molar-refractivity contribution in [3.05, 3.63) is 53.6 Å². The lowest BCUT2D eigenvalue weighted by Gasteiger charge is -2.31. The summed E-state index contributed by atoms with van der Waals surface area (Å²) in [5, 5.41) is 5.97. The number of fused-ring (bicyclic) bond motifs is 1. The minimum Gasteiger partial charge on any atom is -0.496 e. The summed E-state index contributed by atoms with van der Waals surface area (Å²) in [5.74, 6) is 1.13. The van der Waals surface area contributed by atoms with E-state index in [9.17, 15) is 4.79 Å². The summed E-state index contributed by atoms with van der Waals surface area (Å²) < 4.78 is 12.5. The molecule has 2 aromatic carbocycles. The molecule has 1 fully saturated rings. The van der Waals surface area contributed by atoms with Crippen LogP contribution in [0.4, 0.5) is 11.8 Å². The van der Waals surface area contributed by atoms with Crippen LogP contribution in [-0.4, -0.2) is 52.5 Å². The van der Waals surface area contributed by atoms with Crippen LogP contribution in [0.5, 0.6) is 5.75 Å². The fraction of sp³-hybridized carbons (Fsp3) is 0.308. The van der Waals surface area contributed by atoms with E-state index in [-0.39, 0.29) is 11.9 Å². The topological polar surface area (TPSA) is 108 Å². The number of carbonyl (C=O) groups excluding carboxylic acids is 1. The van der Waals surface area contributed by atoms with Gasteiger partial charge in [-0.3, -0.25) is 4.79 Å². The number of nitrogens with zero attached hydrogens (tertiary/aromatic N) is 5. The van der Waals surface area contributed by atoms with Gasteiger partial charge in [0.25, 0.3) is 0 Å². The summed E-state index contributed by atoms with van der Waals surface area (Å²) in [6.45, 7) is 3.37. The first-order valence-corrected chi connectivity index (χ1v) is 12.2. The van der Waals surface area contributed by atoms with Gasteiger partial charge in [-0.2, -0.15) is 4.98 Å². The van der Waals surface area contributed by atoms with Crippen LogP contribution >= 0.6 is 11.6 Å². The molecule has 3 heterocycles. The van der Waals surface area contributed by atoms with Gasteiger partial charge in [0.15, 0.2) is 5.65 Å². The maximum Gasteiger partial charge on any atom is 0.310 e. The summed E-state index contributed by atoms with van der Waals surface area (Å²) in [4.78, 5) is 24.2. The van der Waals surface area contributed by atoms with Crippen molar-refractivity contribution in [3.63, 3.8) is 0 Å². The third-order valence-corrected chi connectivity index (χ3v) is 6.57. The van der Waals surface area contributed by atoms with Crippen LogP contribution in [0.3, 0.4) is 0 Å². The summed E-state index contributed by atoms with van der Waals surface area (Å²) in [7, 11) is 1.62. The number of nitrogen functional groups attached to an aromatic ring is 1. The van der Waals surface area contributed by atoms with E-state index < -0.39 is 0 Å². The van der Waals surface area contributed by atoms with Crippen molar-refractivity contribution in [2.45, 2.75) is 19.8 Å². The Morgan fingerprint density at radius 3 is 2.69 bits per heavy atom.